The average molecular weight is 229 g/mol. The number of carbonyl (C=O) groups excluding carboxylic acids is 1. The molecule has 1 aliphatic carbocycles. The van der Waals surface area contributed by atoms with Gasteiger partial charge in [-0.3, -0.25) is 9.48 Å². The van der Waals surface area contributed by atoms with Gasteiger partial charge in [0, 0.05) is 6.04 Å². The third-order valence-electron chi connectivity index (χ3n) is 2.39. The third kappa shape index (κ3) is 2.56. The Bertz CT molecular complexity index is 399. The van der Waals surface area contributed by atoms with Crippen LogP contribution in [0, 0.1) is 6.92 Å². The van der Waals surface area contributed by atoms with Crippen LogP contribution >= 0.6 is 0 Å². The highest BCUT2D eigenvalue weighted by Crippen LogP contribution is 2.20. The van der Waals surface area contributed by atoms with Crippen molar-refractivity contribution in [1.29, 1.82) is 0 Å². The summed E-state index contributed by atoms with van der Waals surface area (Å²) in [5, 5.41) is 6.61. The van der Waals surface area contributed by atoms with E-state index in [0.717, 1.165) is 17.5 Å². The Balaban J connectivity index is 2.03. The van der Waals surface area contributed by atoms with Gasteiger partial charge in [-0.25, -0.2) is 8.78 Å². The molecule has 0 atom stereocenters. The van der Waals surface area contributed by atoms with Gasteiger partial charge in [-0.1, -0.05) is 0 Å². The molecule has 0 aliphatic heterocycles. The van der Waals surface area contributed by atoms with E-state index in [1.165, 1.54) is 6.07 Å². The summed E-state index contributed by atoms with van der Waals surface area (Å²) in [6, 6.07) is 1.54. The number of aromatic nitrogens is 2. The quantitative estimate of drug-likeness (QED) is 0.848. The normalized spacial score (nSPS) is 15.5. The van der Waals surface area contributed by atoms with Crippen LogP contribution in [0.1, 0.15) is 30.7 Å². The minimum absolute atomic E-state index is 0.135. The highest BCUT2D eigenvalue weighted by Gasteiger charge is 2.24. The molecule has 1 aromatic heterocycles. The number of nitrogens with zero attached hydrogens (tertiary/aromatic N) is 2. The highest BCUT2D eigenvalue weighted by molar-refractivity contribution is 5.76. The molecule has 0 radical (unpaired) electrons. The maximum atomic E-state index is 12.6. The number of halogens is 2. The Morgan fingerprint density at radius 3 is 2.94 bits per heavy atom. The molecule has 0 saturated heterocycles. The van der Waals surface area contributed by atoms with Gasteiger partial charge in [0.15, 0.2) is 0 Å². The molecule has 88 valence electrons. The molecule has 4 nitrogen and oxygen atoms in total. The molecule has 0 bridgehead atoms. The Morgan fingerprint density at radius 2 is 2.38 bits per heavy atom. The van der Waals surface area contributed by atoms with E-state index in [4.69, 9.17) is 0 Å². The zero-order chi connectivity index (χ0) is 11.7. The lowest BCUT2D eigenvalue weighted by Gasteiger charge is -2.06. The van der Waals surface area contributed by atoms with Gasteiger partial charge >= 0.3 is 0 Å². The lowest BCUT2D eigenvalue weighted by Crippen LogP contribution is -2.30. The van der Waals surface area contributed by atoms with Gasteiger partial charge in [0.2, 0.25) is 5.91 Å². The van der Waals surface area contributed by atoms with Crippen molar-refractivity contribution in [2.24, 2.45) is 0 Å². The van der Waals surface area contributed by atoms with Crippen LogP contribution in [0.2, 0.25) is 0 Å². The van der Waals surface area contributed by atoms with E-state index >= 15 is 0 Å². The van der Waals surface area contributed by atoms with Gasteiger partial charge in [0.05, 0.1) is 5.69 Å². The van der Waals surface area contributed by atoms with E-state index < -0.39 is 6.43 Å². The van der Waals surface area contributed by atoms with Crippen molar-refractivity contribution in [1.82, 2.24) is 15.1 Å². The SMILES string of the molecule is Cc1cc(C(F)F)n(CC(=O)NC2CC2)n1. The topological polar surface area (TPSA) is 46.9 Å². The van der Waals surface area contributed by atoms with Gasteiger partial charge in [0.25, 0.3) is 6.43 Å². The fourth-order valence-corrected chi connectivity index (χ4v) is 1.50. The van der Waals surface area contributed by atoms with Crippen molar-refractivity contribution in [3.63, 3.8) is 0 Å². The summed E-state index contributed by atoms with van der Waals surface area (Å²) < 4.78 is 26.2. The second kappa shape index (κ2) is 4.19. The number of alkyl halides is 2. The van der Waals surface area contributed by atoms with Crippen LogP contribution in [-0.2, 0) is 11.3 Å². The standard InChI is InChI=1S/C10H13F2N3O/c1-6-4-8(10(11)12)15(14-6)5-9(16)13-7-2-3-7/h4,7,10H,2-3,5H2,1H3,(H,13,16). The molecule has 0 aromatic carbocycles. The lowest BCUT2D eigenvalue weighted by atomic mass is 10.4. The molecule has 1 aromatic rings. The van der Waals surface area contributed by atoms with Crippen LogP contribution < -0.4 is 5.32 Å². The van der Waals surface area contributed by atoms with E-state index in [9.17, 15) is 13.6 Å². The predicted molar refractivity (Wildman–Crippen MR) is 53.1 cm³/mol. The monoisotopic (exact) mass is 229 g/mol. The molecule has 1 N–H and O–H groups in total. The number of rotatable bonds is 4. The first-order valence-electron chi connectivity index (χ1n) is 5.18. The van der Waals surface area contributed by atoms with Crippen LogP contribution in [0.5, 0.6) is 0 Å². The molecule has 0 spiro atoms. The summed E-state index contributed by atoms with van der Waals surface area (Å²) in [5.74, 6) is -0.257. The lowest BCUT2D eigenvalue weighted by molar-refractivity contribution is -0.122. The minimum atomic E-state index is -2.60. The largest absolute Gasteiger partial charge is 0.352 e. The van der Waals surface area contributed by atoms with Crippen molar-refractivity contribution < 1.29 is 13.6 Å². The Hall–Kier alpha value is -1.46. The van der Waals surface area contributed by atoms with Gasteiger partial charge < -0.3 is 5.32 Å². The number of nitrogens with one attached hydrogen (secondary N) is 1. The van der Waals surface area contributed by atoms with Gasteiger partial charge in [-0.15, -0.1) is 0 Å². The fraction of sp³-hybridized carbons (Fsp3) is 0.600. The minimum Gasteiger partial charge on any atom is -0.352 e. The van der Waals surface area contributed by atoms with Crippen molar-refractivity contribution in [3.8, 4) is 0 Å². The van der Waals surface area contributed by atoms with Crippen LogP contribution in [0.25, 0.3) is 0 Å². The number of hydrogen-bond acceptors (Lipinski definition) is 2. The molecular formula is C10H13F2N3O. The Kier molecular flexibility index (Phi) is 2.89. The van der Waals surface area contributed by atoms with E-state index in [1.54, 1.807) is 6.92 Å². The Labute approximate surface area is 91.6 Å². The molecule has 16 heavy (non-hydrogen) atoms. The van der Waals surface area contributed by atoms with Crippen LogP contribution in [0.3, 0.4) is 0 Å². The second-order valence-corrected chi connectivity index (χ2v) is 4.01. The molecule has 1 fully saturated rings. The van der Waals surface area contributed by atoms with Crippen molar-refractivity contribution in [2.75, 3.05) is 0 Å². The summed E-state index contributed by atoms with van der Waals surface area (Å²) in [4.78, 5) is 11.4. The number of carbonyl (C=O) groups is 1. The maximum Gasteiger partial charge on any atom is 0.280 e. The van der Waals surface area contributed by atoms with Crippen molar-refractivity contribution >= 4 is 5.91 Å². The summed E-state index contributed by atoms with van der Waals surface area (Å²) in [7, 11) is 0. The zero-order valence-electron chi connectivity index (χ0n) is 8.91. The van der Waals surface area contributed by atoms with E-state index in [2.05, 4.69) is 10.4 Å². The zero-order valence-corrected chi connectivity index (χ0v) is 8.91. The molecule has 0 unspecified atom stereocenters. The summed E-state index contributed by atoms with van der Waals surface area (Å²) in [6.07, 6.45) is -0.646. The molecule has 2 rings (SSSR count). The average Bonchev–Trinajstić information content (AvgIpc) is 2.89. The van der Waals surface area contributed by atoms with E-state index in [-0.39, 0.29) is 24.2 Å². The van der Waals surface area contributed by atoms with Crippen LogP contribution in [0.15, 0.2) is 6.07 Å². The van der Waals surface area contributed by atoms with Gasteiger partial charge in [0.1, 0.15) is 12.2 Å². The van der Waals surface area contributed by atoms with E-state index in [0.29, 0.717) is 5.69 Å². The summed E-state index contributed by atoms with van der Waals surface area (Å²) in [5.41, 5.74) is 0.290. The second-order valence-electron chi connectivity index (χ2n) is 4.01. The van der Waals surface area contributed by atoms with Gasteiger partial charge in [-0.2, -0.15) is 5.10 Å². The van der Waals surface area contributed by atoms with Crippen molar-refractivity contribution in [3.05, 3.63) is 17.5 Å². The first kappa shape index (κ1) is 11.0. The maximum absolute atomic E-state index is 12.6. The molecule has 1 amide bonds. The van der Waals surface area contributed by atoms with E-state index in [1.807, 2.05) is 0 Å². The molecule has 1 aliphatic rings. The molecule has 1 saturated carbocycles. The number of hydrogen-bond donors (Lipinski definition) is 1. The number of aryl methyl sites for hydroxylation is 1. The van der Waals surface area contributed by atoms with Crippen molar-refractivity contribution in [2.45, 2.75) is 38.8 Å². The molecule has 6 heteroatoms. The first-order chi connectivity index (χ1) is 7.56. The number of amides is 1. The smallest absolute Gasteiger partial charge is 0.280 e. The molecule has 1 heterocycles. The highest BCUT2D eigenvalue weighted by atomic mass is 19.3. The van der Waals surface area contributed by atoms with Crippen LogP contribution in [0.4, 0.5) is 8.78 Å². The predicted octanol–water partition coefficient (Wildman–Crippen LogP) is 1.41. The fourth-order valence-electron chi connectivity index (χ4n) is 1.50. The summed E-state index contributed by atoms with van der Waals surface area (Å²) >= 11 is 0. The third-order valence-corrected chi connectivity index (χ3v) is 2.39. The first-order valence-corrected chi connectivity index (χ1v) is 5.18. The molecular weight excluding hydrogens is 216 g/mol. The van der Waals surface area contributed by atoms with Crippen LogP contribution in [-0.4, -0.2) is 21.7 Å². The Morgan fingerprint density at radius 1 is 1.69 bits per heavy atom. The summed E-state index contributed by atoms with van der Waals surface area (Å²) in [6.45, 7) is 1.49. The van der Waals surface area contributed by atoms with Gasteiger partial charge in [-0.05, 0) is 25.8 Å².